The average molecular weight is 411 g/mol. The molecule has 0 unspecified atom stereocenters. The Balaban J connectivity index is 1.58. The molecule has 0 spiro atoms. The Morgan fingerprint density at radius 3 is 2.58 bits per heavy atom. The summed E-state index contributed by atoms with van der Waals surface area (Å²) >= 11 is 0. The zero-order valence-electron chi connectivity index (χ0n) is 17.1. The maximum atomic E-state index is 13.3. The molecule has 1 aliphatic heterocycles. The summed E-state index contributed by atoms with van der Waals surface area (Å²) in [6, 6.07) is 22.1. The van der Waals surface area contributed by atoms with Crippen molar-refractivity contribution in [2.45, 2.75) is 19.4 Å². The predicted molar refractivity (Wildman–Crippen MR) is 119 cm³/mol. The van der Waals surface area contributed by atoms with Crippen LogP contribution in [0.5, 0.6) is 5.75 Å². The summed E-state index contributed by atoms with van der Waals surface area (Å²) in [6.07, 6.45) is 0.672. The van der Waals surface area contributed by atoms with E-state index in [-0.39, 0.29) is 17.4 Å². The molecule has 0 saturated heterocycles. The number of ether oxygens (including phenoxy) is 1. The largest absolute Gasteiger partial charge is 0.493 e. The van der Waals surface area contributed by atoms with Crippen molar-refractivity contribution in [2.24, 2.45) is 0 Å². The van der Waals surface area contributed by atoms with Crippen LogP contribution in [0.1, 0.15) is 33.9 Å². The first-order chi connectivity index (χ1) is 15.1. The third-order valence-corrected chi connectivity index (χ3v) is 5.69. The molecule has 0 radical (unpaired) electrons. The van der Waals surface area contributed by atoms with E-state index in [2.05, 4.69) is 5.32 Å². The van der Waals surface area contributed by atoms with E-state index in [9.17, 15) is 9.59 Å². The van der Waals surface area contributed by atoms with E-state index < -0.39 is 0 Å². The molecule has 5 rings (SSSR count). The van der Waals surface area contributed by atoms with Crippen LogP contribution in [0.25, 0.3) is 22.3 Å². The van der Waals surface area contributed by atoms with Gasteiger partial charge in [-0.15, -0.1) is 0 Å². The molecule has 0 fully saturated rings. The minimum Gasteiger partial charge on any atom is -0.493 e. The molecule has 5 nitrogen and oxygen atoms in total. The molecule has 1 aromatic heterocycles. The fraction of sp³-hybridized carbons (Fsp3) is 0.154. The van der Waals surface area contributed by atoms with E-state index in [1.165, 1.54) is 0 Å². The highest BCUT2D eigenvalue weighted by Crippen LogP contribution is 2.32. The molecule has 5 heteroatoms. The summed E-state index contributed by atoms with van der Waals surface area (Å²) in [7, 11) is 0. The highest BCUT2D eigenvalue weighted by atomic mass is 16.5. The van der Waals surface area contributed by atoms with Crippen LogP contribution < -0.4 is 15.5 Å². The summed E-state index contributed by atoms with van der Waals surface area (Å²) in [5.74, 6) is 0.985. The summed E-state index contributed by atoms with van der Waals surface area (Å²) < 4.78 is 11.9. The molecule has 1 N–H and O–H groups in total. The Bertz CT molecular complexity index is 1340. The van der Waals surface area contributed by atoms with Gasteiger partial charge in [0.2, 0.25) is 0 Å². The number of carbonyl (C=O) groups excluding carboxylic acids is 1. The second kappa shape index (κ2) is 7.76. The fourth-order valence-electron chi connectivity index (χ4n) is 4.08. The zero-order chi connectivity index (χ0) is 21.4. The monoisotopic (exact) mass is 411 g/mol. The first kappa shape index (κ1) is 19.1. The summed E-state index contributed by atoms with van der Waals surface area (Å²) in [6.45, 7) is 2.28. The average Bonchev–Trinajstić information content (AvgIpc) is 2.82. The number of hydrogen-bond acceptors (Lipinski definition) is 4. The standard InChI is InChI=1S/C26H21NO4/c1-16-23(28)19-11-7-12-20(25(19)31-24(16)17-8-3-2-4-9-17)26(29)27-21-14-15-30-22-13-6-5-10-18(21)22/h2-13,21H,14-15H2,1H3,(H,27,29)/t21-/m1/s1. The van der Waals surface area contributed by atoms with Crippen LogP contribution in [0.4, 0.5) is 0 Å². The quantitative estimate of drug-likeness (QED) is 0.514. The van der Waals surface area contributed by atoms with E-state index in [1.807, 2.05) is 54.6 Å². The number of carbonyl (C=O) groups is 1. The van der Waals surface area contributed by atoms with Gasteiger partial charge in [0.15, 0.2) is 11.0 Å². The minimum absolute atomic E-state index is 0.133. The van der Waals surface area contributed by atoms with Crippen LogP contribution in [-0.4, -0.2) is 12.5 Å². The first-order valence-corrected chi connectivity index (χ1v) is 10.3. The van der Waals surface area contributed by atoms with E-state index in [0.717, 1.165) is 16.9 Å². The molecule has 1 amide bonds. The van der Waals surface area contributed by atoms with Gasteiger partial charge in [-0.3, -0.25) is 9.59 Å². The van der Waals surface area contributed by atoms with E-state index in [0.29, 0.717) is 40.9 Å². The lowest BCUT2D eigenvalue weighted by Crippen LogP contribution is -2.32. The van der Waals surface area contributed by atoms with Crippen molar-refractivity contribution >= 4 is 16.9 Å². The molecule has 154 valence electrons. The van der Waals surface area contributed by atoms with Gasteiger partial charge in [-0.1, -0.05) is 54.6 Å². The van der Waals surface area contributed by atoms with E-state index in [1.54, 1.807) is 25.1 Å². The van der Waals surface area contributed by atoms with Crippen LogP contribution in [0, 0.1) is 6.92 Å². The van der Waals surface area contributed by atoms with Gasteiger partial charge >= 0.3 is 0 Å². The third-order valence-electron chi connectivity index (χ3n) is 5.69. The molecule has 3 aromatic carbocycles. The molecule has 4 aromatic rings. The van der Waals surface area contributed by atoms with Crippen molar-refractivity contribution < 1.29 is 13.9 Å². The lowest BCUT2D eigenvalue weighted by Gasteiger charge is -2.26. The number of hydrogen-bond donors (Lipinski definition) is 1. The Morgan fingerprint density at radius 2 is 1.74 bits per heavy atom. The Morgan fingerprint density at radius 1 is 0.968 bits per heavy atom. The highest BCUT2D eigenvalue weighted by molar-refractivity contribution is 6.05. The molecule has 2 heterocycles. The number of fused-ring (bicyclic) bond motifs is 2. The molecule has 31 heavy (non-hydrogen) atoms. The SMILES string of the molecule is Cc1c(-c2ccccc2)oc2c(C(=O)N[C@@H]3CCOc4ccccc43)cccc2c1=O. The van der Waals surface area contributed by atoms with Crippen molar-refractivity contribution in [3.05, 3.63) is 99.7 Å². The number of benzene rings is 3. The normalized spacial score (nSPS) is 15.2. The topological polar surface area (TPSA) is 68.5 Å². The maximum Gasteiger partial charge on any atom is 0.255 e. The second-order valence-corrected chi connectivity index (χ2v) is 7.63. The van der Waals surface area contributed by atoms with Crippen molar-refractivity contribution in [3.63, 3.8) is 0 Å². The Labute approximate surface area is 179 Å². The highest BCUT2D eigenvalue weighted by Gasteiger charge is 2.25. The lowest BCUT2D eigenvalue weighted by atomic mass is 9.99. The van der Waals surface area contributed by atoms with E-state index in [4.69, 9.17) is 9.15 Å². The predicted octanol–water partition coefficient (Wildman–Crippen LogP) is 5.02. The van der Waals surface area contributed by atoms with Gasteiger partial charge in [0.25, 0.3) is 5.91 Å². The lowest BCUT2D eigenvalue weighted by molar-refractivity contribution is 0.0925. The number of nitrogens with one attached hydrogen (secondary N) is 1. The maximum absolute atomic E-state index is 13.3. The van der Waals surface area contributed by atoms with Gasteiger partial charge in [0.1, 0.15) is 11.5 Å². The van der Waals surface area contributed by atoms with Gasteiger partial charge in [-0.05, 0) is 25.1 Å². The molecule has 0 saturated carbocycles. The molecule has 1 atom stereocenters. The van der Waals surface area contributed by atoms with E-state index >= 15 is 0 Å². The minimum atomic E-state index is -0.279. The first-order valence-electron chi connectivity index (χ1n) is 10.3. The third kappa shape index (κ3) is 3.38. The van der Waals surface area contributed by atoms with Crippen LogP contribution >= 0.6 is 0 Å². The Kier molecular flexibility index (Phi) is 4.79. The molecule has 1 aliphatic rings. The van der Waals surface area contributed by atoms with Crippen LogP contribution in [0.2, 0.25) is 0 Å². The fourth-order valence-corrected chi connectivity index (χ4v) is 4.08. The van der Waals surface area contributed by atoms with Gasteiger partial charge in [-0.25, -0.2) is 0 Å². The smallest absolute Gasteiger partial charge is 0.255 e. The summed E-state index contributed by atoms with van der Waals surface area (Å²) in [5, 5.41) is 3.50. The molecule has 0 bridgehead atoms. The van der Waals surface area contributed by atoms with Crippen molar-refractivity contribution in [3.8, 4) is 17.1 Å². The molecular formula is C26H21NO4. The van der Waals surface area contributed by atoms with Gasteiger partial charge in [0, 0.05) is 23.1 Å². The summed E-state index contributed by atoms with van der Waals surface area (Å²) in [4.78, 5) is 26.3. The number of amides is 1. The number of rotatable bonds is 3. The van der Waals surface area contributed by atoms with Crippen LogP contribution in [0.15, 0.2) is 82.0 Å². The van der Waals surface area contributed by atoms with Crippen LogP contribution in [-0.2, 0) is 0 Å². The Hall–Kier alpha value is -3.86. The van der Waals surface area contributed by atoms with Crippen LogP contribution in [0.3, 0.4) is 0 Å². The van der Waals surface area contributed by atoms with Gasteiger partial charge < -0.3 is 14.5 Å². The van der Waals surface area contributed by atoms with Crippen molar-refractivity contribution in [1.82, 2.24) is 5.32 Å². The zero-order valence-corrected chi connectivity index (χ0v) is 17.1. The van der Waals surface area contributed by atoms with Gasteiger partial charge in [-0.2, -0.15) is 0 Å². The molecular weight excluding hydrogens is 390 g/mol. The summed E-state index contributed by atoms with van der Waals surface area (Å²) in [5.41, 5.74) is 2.78. The second-order valence-electron chi connectivity index (χ2n) is 7.63. The molecule has 0 aliphatic carbocycles. The van der Waals surface area contributed by atoms with Crippen molar-refractivity contribution in [2.75, 3.05) is 6.61 Å². The van der Waals surface area contributed by atoms with Crippen molar-refractivity contribution in [1.29, 1.82) is 0 Å². The van der Waals surface area contributed by atoms with Gasteiger partial charge in [0.05, 0.1) is 23.6 Å². The number of para-hydroxylation sites is 2.